The lowest BCUT2D eigenvalue weighted by atomic mass is 10.00. The molecule has 4 atom stereocenters. The summed E-state index contributed by atoms with van der Waals surface area (Å²) in [7, 11) is -1.42. The molecule has 1 aromatic carbocycles. The largest absolute Gasteiger partial charge is 0.478 e. The van der Waals surface area contributed by atoms with Gasteiger partial charge in [-0.2, -0.15) is 0 Å². The van der Waals surface area contributed by atoms with Crippen LogP contribution in [0.15, 0.2) is 24.3 Å². The van der Waals surface area contributed by atoms with Crippen molar-refractivity contribution in [1.29, 1.82) is 0 Å². The second-order valence-corrected chi connectivity index (χ2v) is 8.77. The van der Waals surface area contributed by atoms with Gasteiger partial charge in [0.25, 0.3) is 0 Å². The zero-order valence-electron chi connectivity index (χ0n) is 16.7. The van der Waals surface area contributed by atoms with Crippen LogP contribution in [0.1, 0.15) is 48.5 Å². The fraction of sp³-hybridized carbons (Fsp3) is 0.600. The van der Waals surface area contributed by atoms with Crippen LogP contribution in [0.25, 0.3) is 0 Å². The molecule has 162 valence electrons. The second-order valence-electron chi connectivity index (χ2n) is 7.54. The van der Waals surface area contributed by atoms with Gasteiger partial charge in [0, 0.05) is 26.1 Å². The van der Waals surface area contributed by atoms with Crippen LogP contribution < -0.4 is 10.6 Å². The summed E-state index contributed by atoms with van der Waals surface area (Å²) in [5.41, 5.74) is 1.15. The number of aromatic carboxylic acids is 1. The zero-order valence-corrected chi connectivity index (χ0v) is 17.9. The van der Waals surface area contributed by atoms with Crippen molar-refractivity contribution in [3.63, 3.8) is 0 Å². The monoisotopic (exact) mass is 426 g/mol. The number of carboxylic acid groups (broad SMARTS) is 1. The van der Waals surface area contributed by atoms with Crippen molar-refractivity contribution in [2.24, 2.45) is 0 Å². The van der Waals surface area contributed by atoms with E-state index in [9.17, 15) is 19.3 Å². The van der Waals surface area contributed by atoms with E-state index in [-0.39, 0.29) is 17.5 Å². The van der Waals surface area contributed by atoms with Gasteiger partial charge in [0.2, 0.25) is 5.91 Å². The molecular formula is C20H31N2O6P. The van der Waals surface area contributed by atoms with E-state index in [1.807, 2.05) is 6.07 Å². The number of nitrogens with one attached hydrogen (secondary N) is 2. The molecule has 29 heavy (non-hydrogen) atoms. The van der Waals surface area contributed by atoms with Crippen molar-refractivity contribution in [2.75, 3.05) is 19.7 Å². The molecule has 0 aliphatic carbocycles. The third-order valence-electron chi connectivity index (χ3n) is 5.14. The highest BCUT2D eigenvalue weighted by Crippen LogP contribution is 2.33. The van der Waals surface area contributed by atoms with E-state index >= 15 is 0 Å². The Bertz CT molecular complexity index is 708. The SMILES string of the molecule is CC(=O)NCCCCCC(O)([PH2]=O)[C@H]1CN[C@H](Cc2cccc(C(=O)O)c2)CO1. The molecule has 8 nitrogen and oxygen atoms in total. The van der Waals surface area contributed by atoms with Gasteiger partial charge in [-0.25, -0.2) is 4.79 Å². The number of rotatable bonds is 11. The van der Waals surface area contributed by atoms with Crippen molar-refractivity contribution in [3.8, 4) is 0 Å². The Labute approximate surface area is 172 Å². The molecule has 4 N–H and O–H groups in total. The Hall–Kier alpha value is -1.73. The van der Waals surface area contributed by atoms with Gasteiger partial charge < -0.3 is 30.1 Å². The fourth-order valence-corrected chi connectivity index (χ4v) is 4.15. The van der Waals surface area contributed by atoms with Crippen LogP contribution in [0.3, 0.4) is 0 Å². The lowest BCUT2D eigenvalue weighted by Crippen LogP contribution is -2.54. The van der Waals surface area contributed by atoms with Crippen LogP contribution in [0.4, 0.5) is 0 Å². The molecule has 0 saturated carbocycles. The van der Waals surface area contributed by atoms with Crippen LogP contribution in [0.2, 0.25) is 0 Å². The molecule has 1 amide bonds. The molecule has 1 aliphatic heterocycles. The quantitative estimate of drug-likeness (QED) is 0.312. The van der Waals surface area contributed by atoms with E-state index in [0.29, 0.717) is 39.0 Å². The smallest absolute Gasteiger partial charge is 0.335 e. The lowest BCUT2D eigenvalue weighted by molar-refractivity contribution is -0.118. The van der Waals surface area contributed by atoms with E-state index < -0.39 is 25.9 Å². The van der Waals surface area contributed by atoms with Crippen molar-refractivity contribution in [3.05, 3.63) is 35.4 Å². The lowest BCUT2D eigenvalue weighted by Gasteiger charge is -2.38. The molecule has 0 radical (unpaired) electrons. The molecule has 0 aromatic heterocycles. The van der Waals surface area contributed by atoms with E-state index in [0.717, 1.165) is 18.4 Å². The van der Waals surface area contributed by atoms with Gasteiger partial charge in [0.05, 0.1) is 20.6 Å². The maximum absolute atomic E-state index is 11.7. The average molecular weight is 426 g/mol. The zero-order chi connectivity index (χ0) is 21.3. The summed E-state index contributed by atoms with van der Waals surface area (Å²) >= 11 is 0. The highest BCUT2D eigenvalue weighted by Gasteiger charge is 2.39. The number of benzene rings is 1. The van der Waals surface area contributed by atoms with Crippen molar-refractivity contribution >= 4 is 20.3 Å². The Kier molecular flexibility index (Phi) is 9.30. The van der Waals surface area contributed by atoms with Gasteiger partial charge in [-0.05, 0) is 43.4 Å². The minimum atomic E-state index is -1.42. The molecule has 1 aromatic rings. The predicted octanol–water partition coefficient (Wildman–Crippen LogP) is 1.43. The third-order valence-corrected chi connectivity index (χ3v) is 6.20. The predicted molar refractivity (Wildman–Crippen MR) is 111 cm³/mol. The first-order valence-electron chi connectivity index (χ1n) is 9.94. The maximum Gasteiger partial charge on any atom is 0.335 e. The van der Waals surface area contributed by atoms with Gasteiger partial charge in [-0.3, -0.25) is 4.79 Å². The molecule has 9 heteroatoms. The summed E-state index contributed by atoms with van der Waals surface area (Å²) in [6.45, 7) is 2.82. The molecular weight excluding hydrogens is 395 g/mol. The summed E-state index contributed by atoms with van der Waals surface area (Å²) in [6, 6.07) is 6.80. The maximum atomic E-state index is 11.7. The van der Waals surface area contributed by atoms with Crippen LogP contribution in [0, 0.1) is 0 Å². The van der Waals surface area contributed by atoms with E-state index in [2.05, 4.69) is 10.6 Å². The Morgan fingerprint density at radius 2 is 2.14 bits per heavy atom. The van der Waals surface area contributed by atoms with Gasteiger partial charge >= 0.3 is 5.97 Å². The van der Waals surface area contributed by atoms with Crippen LogP contribution >= 0.6 is 8.46 Å². The number of aliphatic hydroxyl groups is 1. The number of hydrogen-bond donors (Lipinski definition) is 4. The Morgan fingerprint density at radius 1 is 1.34 bits per heavy atom. The number of morpholine rings is 1. The molecule has 1 aliphatic rings. The minimum Gasteiger partial charge on any atom is -0.478 e. The highest BCUT2D eigenvalue weighted by atomic mass is 31.1. The first-order valence-corrected chi connectivity index (χ1v) is 11.0. The molecule has 2 unspecified atom stereocenters. The Balaban J connectivity index is 1.78. The van der Waals surface area contributed by atoms with Crippen LogP contribution in [-0.4, -0.2) is 59.3 Å². The average Bonchev–Trinajstić information content (AvgIpc) is 2.71. The molecule has 1 fully saturated rings. The van der Waals surface area contributed by atoms with Gasteiger partial charge in [-0.1, -0.05) is 18.6 Å². The first-order chi connectivity index (χ1) is 13.8. The normalized spacial score (nSPS) is 21.7. The number of amides is 1. The first kappa shape index (κ1) is 23.5. The second kappa shape index (κ2) is 11.5. The van der Waals surface area contributed by atoms with Gasteiger partial charge in [-0.15, -0.1) is 0 Å². The molecule has 0 spiro atoms. The molecule has 2 rings (SSSR count). The number of carbonyl (C=O) groups is 2. The van der Waals surface area contributed by atoms with E-state index in [1.165, 1.54) is 6.92 Å². The van der Waals surface area contributed by atoms with Crippen molar-refractivity contribution < 1.29 is 29.1 Å². The fourth-order valence-electron chi connectivity index (χ4n) is 3.46. The van der Waals surface area contributed by atoms with Crippen LogP contribution in [0.5, 0.6) is 0 Å². The summed E-state index contributed by atoms with van der Waals surface area (Å²) in [5.74, 6) is -1.02. The van der Waals surface area contributed by atoms with Gasteiger partial charge in [0.1, 0.15) is 11.4 Å². The summed E-state index contributed by atoms with van der Waals surface area (Å²) < 4.78 is 17.6. The number of unbranched alkanes of at least 4 members (excludes halogenated alkanes) is 2. The number of hydrogen-bond acceptors (Lipinski definition) is 6. The number of carbonyl (C=O) groups excluding carboxylic acids is 1. The third kappa shape index (κ3) is 7.55. The topological polar surface area (TPSA) is 125 Å². The summed E-state index contributed by atoms with van der Waals surface area (Å²) in [6.07, 6.45) is 2.81. The van der Waals surface area contributed by atoms with Crippen LogP contribution in [-0.2, 0) is 20.5 Å². The summed E-state index contributed by atoms with van der Waals surface area (Å²) in [5, 5.41) is 24.6. The minimum absolute atomic E-state index is 0.00106. The van der Waals surface area contributed by atoms with Crippen molar-refractivity contribution in [2.45, 2.75) is 56.5 Å². The molecule has 0 bridgehead atoms. The molecule has 1 heterocycles. The summed E-state index contributed by atoms with van der Waals surface area (Å²) in [4.78, 5) is 21.9. The number of ether oxygens (including phenoxy) is 1. The Morgan fingerprint density at radius 3 is 2.76 bits per heavy atom. The van der Waals surface area contributed by atoms with Gasteiger partial charge in [0.15, 0.2) is 0 Å². The molecule has 1 saturated heterocycles. The van der Waals surface area contributed by atoms with E-state index in [4.69, 9.17) is 9.84 Å². The highest BCUT2D eigenvalue weighted by molar-refractivity contribution is 7.25. The number of carboxylic acids is 1. The standard InChI is InChI=1S/C20H31N2O6P/c1-14(23)21-9-4-2-3-8-20(26,29-27)18-12-22-17(13-28-18)11-15-6-5-7-16(10-15)19(24)25/h5-7,10,17-18,22,26H,2-4,8-9,11-13,29H2,1H3,(H,21,23)(H,24,25)/t17-,18-,20?/m1/s1. The van der Waals surface area contributed by atoms with E-state index in [1.54, 1.807) is 18.2 Å². The van der Waals surface area contributed by atoms with Crippen molar-refractivity contribution in [1.82, 2.24) is 10.6 Å².